The second-order valence-electron chi connectivity index (χ2n) is 5.68. The van der Waals surface area contributed by atoms with Gasteiger partial charge in [-0.3, -0.25) is 4.79 Å². The van der Waals surface area contributed by atoms with E-state index in [1.807, 2.05) is 30.3 Å². The molecule has 0 bridgehead atoms. The molecule has 138 valence electrons. The maximum atomic E-state index is 13.7. The molecule has 0 spiro atoms. The second kappa shape index (κ2) is 9.44. The fourth-order valence-corrected chi connectivity index (χ4v) is 3.51. The lowest BCUT2D eigenvalue weighted by Gasteiger charge is -2.09. The molecule has 0 aromatic heterocycles. The number of anilines is 1. The molecule has 0 aliphatic heterocycles. The van der Waals surface area contributed by atoms with Gasteiger partial charge in [0.25, 0.3) is 0 Å². The van der Waals surface area contributed by atoms with Crippen molar-refractivity contribution < 1.29 is 13.9 Å². The number of hydrogen-bond donors (Lipinski definition) is 1. The van der Waals surface area contributed by atoms with E-state index in [4.69, 9.17) is 16.3 Å². The molecule has 3 nitrogen and oxygen atoms in total. The van der Waals surface area contributed by atoms with Crippen molar-refractivity contribution in [2.24, 2.45) is 0 Å². The summed E-state index contributed by atoms with van der Waals surface area (Å²) in [6.07, 6.45) is 0. The van der Waals surface area contributed by atoms with Crippen LogP contribution in [-0.4, -0.2) is 11.7 Å². The maximum Gasteiger partial charge on any atom is 0.234 e. The Morgan fingerprint density at radius 1 is 0.963 bits per heavy atom. The average molecular weight is 402 g/mol. The summed E-state index contributed by atoms with van der Waals surface area (Å²) in [5.41, 5.74) is 1.09. The molecule has 3 aromatic rings. The molecule has 3 aromatic carbocycles. The summed E-state index contributed by atoms with van der Waals surface area (Å²) >= 11 is 7.29. The number of carbonyl (C=O) groups excluding carboxylic acids is 1. The van der Waals surface area contributed by atoms with Gasteiger partial charge in [-0.05, 0) is 48.5 Å². The number of nitrogens with one attached hydrogen (secondary N) is 1. The van der Waals surface area contributed by atoms with Gasteiger partial charge in [0.05, 0.1) is 5.75 Å². The number of carbonyl (C=O) groups is 1. The molecular weight excluding hydrogens is 385 g/mol. The third kappa shape index (κ3) is 5.74. The predicted molar refractivity (Wildman–Crippen MR) is 109 cm³/mol. The Bertz CT molecular complexity index is 884. The van der Waals surface area contributed by atoms with Crippen LogP contribution >= 0.6 is 23.4 Å². The molecule has 0 fully saturated rings. The number of benzene rings is 3. The molecule has 6 heteroatoms. The third-order valence-electron chi connectivity index (χ3n) is 3.66. The number of para-hydroxylation sites is 1. The van der Waals surface area contributed by atoms with Gasteiger partial charge in [-0.25, -0.2) is 4.39 Å². The molecule has 0 heterocycles. The molecule has 1 N–H and O–H groups in total. The quantitative estimate of drug-likeness (QED) is 0.516. The Morgan fingerprint density at radius 2 is 1.67 bits per heavy atom. The van der Waals surface area contributed by atoms with E-state index in [-0.39, 0.29) is 17.5 Å². The first-order valence-corrected chi connectivity index (χ1v) is 9.78. The Kier molecular flexibility index (Phi) is 6.74. The Morgan fingerprint density at radius 3 is 2.37 bits per heavy atom. The third-order valence-corrected chi connectivity index (χ3v) is 4.97. The molecule has 1 amide bonds. The van der Waals surface area contributed by atoms with Crippen molar-refractivity contribution in [3.05, 3.63) is 89.2 Å². The number of halogens is 2. The van der Waals surface area contributed by atoms with Gasteiger partial charge in [-0.2, -0.15) is 0 Å². The van der Waals surface area contributed by atoms with Crippen molar-refractivity contribution in [1.29, 1.82) is 0 Å². The number of thioether (sulfide) groups is 1. The van der Waals surface area contributed by atoms with Crippen LogP contribution in [0.25, 0.3) is 0 Å². The highest BCUT2D eigenvalue weighted by Crippen LogP contribution is 2.25. The lowest BCUT2D eigenvalue weighted by molar-refractivity contribution is -0.113. The molecule has 0 saturated heterocycles. The van der Waals surface area contributed by atoms with Gasteiger partial charge in [0.15, 0.2) is 0 Å². The van der Waals surface area contributed by atoms with Crippen LogP contribution in [0.4, 0.5) is 10.1 Å². The summed E-state index contributed by atoms with van der Waals surface area (Å²) in [6.45, 7) is 0. The Labute approximate surface area is 166 Å². The SMILES string of the molecule is O=C(CSCc1c(F)cccc1Cl)Nc1ccc(Oc2ccccc2)cc1. The monoisotopic (exact) mass is 401 g/mol. The summed E-state index contributed by atoms with van der Waals surface area (Å²) in [6, 6.07) is 21.1. The van der Waals surface area contributed by atoms with Crippen LogP contribution < -0.4 is 10.1 Å². The summed E-state index contributed by atoms with van der Waals surface area (Å²) in [5.74, 6) is 1.45. The van der Waals surface area contributed by atoms with Crippen molar-refractivity contribution in [3.8, 4) is 11.5 Å². The van der Waals surface area contributed by atoms with E-state index in [9.17, 15) is 9.18 Å². The normalized spacial score (nSPS) is 10.4. The second-order valence-corrected chi connectivity index (χ2v) is 7.07. The smallest absolute Gasteiger partial charge is 0.234 e. The van der Waals surface area contributed by atoms with E-state index in [0.29, 0.717) is 27.8 Å². The number of ether oxygens (including phenoxy) is 1. The molecular formula is C21H17ClFNO2S. The minimum absolute atomic E-state index is 0.163. The Balaban J connectivity index is 1.48. The molecule has 27 heavy (non-hydrogen) atoms. The fraction of sp³-hybridized carbons (Fsp3) is 0.0952. The first-order valence-electron chi connectivity index (χ1n) is 8.25. The zero-order valence-corrected chi connectivity index (χ0v) is 15.9. The van der Waals surface area contributed by atoms with Gasteiger partial charge in [0.2, 0.25) is 5.91 Å². The lowest BCUT2D eigenvalue weighted by atomic mass is 10.2. The maximum absolute atomic E-state index is 13.7. The van der Waals surface area contributed by atoms with Crippen LogP contribution in [0, 0.1) is 5.82 Å². The first-order chi connectivity index (χ1) is 13.1. The van der Waals surface area contributed by atoms with Crippen LogP contribution in [0.3, 0.4) is 0 Å². The van der Waals surface area contributed by atoms with E-state index in [1.54, 1.807) is 36.4 Å². The molecule has 0 saturated carbocycles. The highest BCUT2D eigenvalue weighted by Gasteiger charge is 2.09. The fourth-order valence-electron chi connectivity index (χ4n) is 2.34. The van der Waals surface area contributed by atoms with Gasteiger partial charge < -0.3 is 10.1 Å². The zero-order valence-electron chi connectivity index (χ0n) is 14.3. The van der Waals surface area contributed by atoms with Crippen LogP contribution in [0.1, 0.15) is 5.56 Å². The van der Waals surface area contributed by atoms with Crippen molar-refractivity contribution >= 4 is 35.0 Å². The largest absolute Gasteiger partial charge is 0.457 e. The summed E-state index contributed by atoms with van der Waals surface area (Å²) in [7, 11) is 0. The van der Waals surface area contributed by atoms with Gasteiger partial charge in [-0.1, -0.05) is 35.9 Å². The van der Waals surface area contributed by atoms with Gasteiger partial charge in [0.1, 0.15) is 17.3 Å². The summed E-state index contributed by atoms with van der Waals surface area (Å²) in [4.78, 5) is 12.1. The van der Waals surface area contributed by atoms with Crippen molar-refractivity contribution in [1.82, 2.24) is 0 Å². The van der Waals surface area contributed by atoms with Gasteiger partial charge in [0, 0.05) is 22.0 Å². The standard InChI is InChI=1S/C21H17ClFNO2S/c22-19-7-4-8-20(23)18(19)13-27-14-21(25)24-15-9-11-17(12-10-15)26-16-5-2-1-3-6-16/h1-12H,13-14H2,(H,24,25). The van der Waals surface area contributed by atoms with Gasteiger partial charge >= 0.3 is 0 Å². The minimum atomic E-state index is -0.357. The van der Waals surface area contributed by atoms with Crippen molar-refractivity contribution in [2.75, 3.05) is 11.1 Å². The topological polar surface area (TPSA) is 38.3 Å². The minimum Gasteiger partial charge on any atom is -0.457 e. The van der Waals surface area contributed by atoms with Crippen LogP contribution in [0.15, 0.2) is 72.8 Å². The Hall–Kier alpha value is -2.50. The number of rotatable bonds is 7. The molecule has 0 aliphatic rings. The molecule has 0 atom stereocenters. The van der Waals surface area contributed by atoms with E-state index in [2.05, 4.69) is 5.32 Å². The zero-order chi connectivity index (χ0) is 19.1. The highest BCUT2D eigenvalue weighted by molar-refractivity contribution is 7.99. The van der Waals surface area contributed by atoms with Crippen LogP contribution in [0.5, 0.6) is 11.5 Å². The van der Waals surface area contributed by atoms with Crippen LogP contribution in [-0.2, 0) is 10.5 Å². The molecule has 3 rings (SSSR count). The van der Waals surface area contributed by atoms with Crippen molar-refractivity contribution in [2.45, 2.75) is 5.75 Å². The summed E-state index contributed by atoms with van der Waals surface area (Å²) < 4.78 is 19.4. The van der Waals surface area contributed by atoms with E-state index in [0.717, 1.165) is 5.75 Å². The molecule has 0 unspecified atom stereocenters. The first kappa shape index (κ1) is 19.3. The van der Waals surface area contributed by atoms with E-state index < -0.39 is 0 Å². The van der Waals surface area contributed by atoms with Gasteiger partial charge in [-0.15, -0.1) is 11.8 Å². The highest BCUT2D eigenvalue weighted by atomic mass is 35.5. The number of amides is 1. The lowest BCUT2D eigenvalue weighted by Crippen LogP contribution is -2.14. The predicted octanol–water partition coefficient (Wildman–Crippen LogP) is 6.14. The van der Waals surface area contributed by atoms with Crippen molar-refractivity contribution in [3.63, 3.8) is 0 Å². The molecule has 0 aliphatic carbocycles. The summed E-state index contributed by atoms with van der Waals surface area (Å²) in [5, 5.41) is 3.18. The molecule has 0 radical (unpaired) electrons. The number of hydrogen-bond acceptors (Lipinski definition) is 3. The average Bonchev–Trinajstić information content (AvgIpc) is 2.67. The van der Waals surface area contributed by atoms with E-state index in [1.165, 1.54) is 17.8 Å². The van der Waals surface area contributed by atoms with E-state index >= 15 is 0 Å². The van der Waals surface area contributed by atoms with Crippen LogP contribution in [0.2, 0.25) is 5.02 Å².